The number of rotatable bonds is 7. The highest BCUT2D eigenvalue weighted by Crippen LogP contribution is 2.24. The van der Waals surface area contributed by atoms with Crippen LogP contribution >= 0.6 is 0 Å². The maximum absolute atomic E-state index is 12.0. The van der Waals surface area contributed by atoms with Crippen LogP contribution in [0.25, 0.3) is 0 Å². The molecule has 0 aliphatic heterocycles. The van der Waals surface area contributed by atoms with Crippen LogP contribution in [0.15, 0.2) is 23.1 Å². The molecule has 19 heavy (non-hydrogen) atoms. The molecule has 0 spiro atoms. The number of nitrogens with one attached hydrogen (secondary N) is 1. The molecule has 0 saturated carbocycles. The van der Waals surface area contributed by atoms with Crippen LogP contribution in [-0.4, -0.2) is 26.4 Å². The lowest BCUT2D eigenvalue weighted by molar-refractivity contribution is -0.385. The molecule has 0 amide bonds. The lowest BCUT2D eigenvalue weighted by Crippen LogP contribution is -2.26. The summed E-state index contributed by atoms with van der Waals surface area (Å²) in [6, 6.07) is 4.00. The van der Waals surface area contributed by atoms with Gasteiger partial charge in [-0.15, -0.1) is 0 Å². The summed E-state index contributed by atoms with van der Waals surface area (Å²) in [7, 11) is -3.72. The highest BCUT2D eigenvalue weighted by atomic mass is 32.2. The van der Waals surface area contributed by atoms with E-state index in [9.17, 15) is 18.5 Å². The first-order chi connectivity index (χ1) is 8.90. The summed E-state index contributed by atoms with van der Waals surface area (Å²) in [5.41, 5.74) is 5.25. The summed E-state index contributed by atoms with van der Waals surface area (Å²) in [6.45, 7) is 2.19. The zero-order valence-electron chi connectivity index (χ0n) is 10.6. The average Bonchev–Trinajstić information content (AvgIpc) is 2.34. The van der Waals surface area contributed by atoms with Crippen molar-refractivity contribution in [2.24, 2.45) is 5.73 Å². The zero-order valence-corrected chi connectivity index (χ0v) is 11.4. The molecule has 1 aromatic rings. The topological polar surface area (TPSA) is 115 Å². The SMILES string of the molecule is Cc1c([N+](=O)[O-])cccc1S(=O)(=O)NCCCCN. The monoisotopic (exact) mass is 287 g/mol. The first kappa shape index (κ1) is 15.5. The quantitative estimate of drug-likeness (QED) is 0.439. The van der Waals surface area contributed by atoms with Gasteiger partial charge in [-0.05, 0) is 32.4 Å². The third-order valence-electron chi connectivity index (χ3n) is 2.66. The van der Waals surface area contributed by atoms with Crippen molar-refractivity contribution in [3.05, 3.63) is 33.9 Å². The van der Waals surface area contributed by atoms with E-state index in [0.717, 1.165) is 6.42 Å². The van der Waals surface area contributed by atoms with Crippen molar-refractivity contribution < 1.29 is 13.3 Å². The van der Waals surface area contributed by atoms with E-state index < -0.39 is 14.9 Å². The predicted octanol–water partition coefficient (Wildman–Crippen LogP) is 0.920. The minimum atomic E-state index is -3.72. The Morgan fingerprint density at radius 2 is 2.05 bits per heavy atom. The summed E-state index contributed by atoms with van der Waals surface area (Å²) >= 11 is 0. The number of nitro benzene ring substituents is 1. The molecule has 0 aliphatic carbocycles. The molecule has 3 N–H and O–H groups in total. The summed E-state index contributed by atoms with van der Waals surface area (Å²) in [4.78, 5) is 10.1. The number of unbranched alkanes of at least 4 members (excludes halogenated alkanes) is 1. The van der Waals surface area contributed by atoms with Gasteiger partial charge in [0.05, 0.1) is 9.82 Å². The molecule has 1 aromatic carbocycles. The molecule has 0 heterocycles. The molecule has 0 aliphatic rings. The van der Waals surface area contributed by atoms with Crippen molar-refractivity contribution in [1.29, 1.82) is 0 Å². The van der Waals surface area contributed by atoms with Gasteiger partial charge in [-0.25, -0.2) is 13.1 Å². The van der Waals surface area contributed by atoms with E-state index in [2.05, 4.69) is 4.72 Å². The van der Waals surface area contributed by atoms with Crippen molar-refractivity contribution in [2.75, 3.05) is 13.1 Å². The van der Waals surface area contributed by atoms with E-state index in [1.807, 2.05) is 0 Å². The van der Waals surface area contributed by atoms with E-state index in [1.165, 1.54) is 25.1 Å². The molecule has 0 atom stereocenters. The van der Waals surface area contributed by atoms with Crippen molar-refractivity contribution in [2.45, 2.75) is 24.7 Å². The van der Waals surface area contributed by atoms with E-state index in [4.69, 9.17) is 5.73 Å². The third-order valence-corrected chi connectivity index (χ3v) is 4.27. The number of nitrogens with zero attached hydrogens (tertiary/aromatic N) is 1. The molecule has 0 radical (unpaired) electrons. The fourth-order valence-electron chi connectivity index (χ4n) is 1.65. The van der Waals surface area contributed by atoms with Crippen molar-refractivity contribution in [1.82, 2.24) is 4.72 Å². The molecule has 8 heteroatoms. The third kappa shape index (κ3) is 3.98. The Balaban J connectivity index is 2.96. The van der Waals surface area contributed by atoms with Crippen LogP contribution in [0.4, 0.5) is 5.69 Å². The highest BCUT2D eigenvalue weighted by molar-refractivity contribution is 7.89. The molecule has 1 rings (SSSR count). The Kier molecular flexibility index (Phi) is 5.40. The number of hydrogen-bond acceptors (Lipinski definition) is 5. The van der Waals surface area contributed by atoms with Crippen LogP contribution in [0.1, 0.15) is 18.4 Å². The van der Waals surface area contributed by atoms with Crippen LogP contribution in [-0.2, 0) is 10.0 Å². The Morgan fingerprint density at radius 3 is 2.63 bits per heavy atom. The van der Waals surface area contributed by atoms with Gasteiger partial charge in [0.25, 0.3) is 5.69 Å². The average molecular weight is 287 g/mol. The molecule has 0 fully saturated rings. The van der Waals surface area contributed by atoms with Gasteiger partial charge in [0.1, 0.15) is 0 Å². The maximum Gasteiger partial charge on any atom is 0.273 e. The number of nitro groups is 1. The van der Waals surface area contributed by atoms with Crippen molar-refractivity contribution in [3.8, 4) is 0 Å². The van der Waals surface area contributed by atoms with Crippen molar-refractivity contribution in [3.63, 3.8) is 0 Å². The summed E-state index contributed by atoms with van der Waals surface area (Å²) in [5.74, 6) is 0. The number of hydrogen-bond donors (Lipinski definition) is 2. The first-order valence-corrected chi connectivity index (χ1v) is 7.32. The predicted molar refractivity (Wildman–Crippen MR) is 71.3 cm³/mol. The van der Waals surface area contributed by atoms with Crippen molar-refractivity contribution >= 4 is 15.7 Å². The van der Waals surface area contributed by atoms with Gasteiger partial charge in [0.2, 0.25) is 10.0 Å². The minimum Gasteiger partial charge on any atom is -0.330 e. The first-order valence-electron chi connectivity index (χ1n) is 5.84. The van der Waals surface area contributed by atoms with Gasteiger partial charge in [-0.2, -0.15) is 0 Å². The van der Waals surface area contributed by atoms with E-state index in [1.54, 1.807) is 0 Å². The smallest absolute Gasteiger partial charge is 0.273 e. The molecular formula is C11H17N3O4S. The van der Waals surface area contributed by atoms with Gasteiger partial charge in [0.15, 0.2) is 0 Å². The van der Waals surface area contributed by atoms with Gasteiger partial charge >= 0.3 is 0 Å². The Bertz CT molecular complexity index is 557. The molecule has 0 saturated heterocycles. The summed E-state index contributed by atoms with van der Waals surface area (Å²) in [6.07, 6.45) is 1.35. The highest BCUT2D eigenvalue weighted by Gasteiger charge is 2.22. The van der Waals surface area contributed by atoms with Crippen LogP contribution in [0.2, 0.25) is 0 Å². The summed E-state index contributed by atoms with van der Waals surface area (Å²) in [5, 5.41) is 10.8. The molecule has 0 unspecified atom stereocenters. The van der Waals surface area contributed by atoms with Gasteiger partial charge < -0.3 is 5.73 Å². The second-order valence-corrected chi connectivity index (χ2v) is 5.79. The minimum absolute atomic E-state index is 0.0607. The zero-order chi connectivity index (χ0) is 14.5. The van der Waals surface area contributed by atoms with Crippen LogP contribution in [0.3, 0.4) is 0 Å². The molecular weight excluding hydrogens is 270 g/mol. The lowest BCUT2D eigenvalue weighted by atomic mass is 10.2. The van der Waals surface area contributed by atoms with Gasteiger partial charge in [0, 0.05) is 18.2 Å². The van der Waals surface area contributed by atoms with Crippen LogP contribution in [0, 0.1) is 17.0 Å². The molecule has 7 nitrogen and oxygen atoms in total. The number of nitrogens with two attached hydrogens (primary N) is 1. The standard InChI is InChI=1S/C11H17N3O4S/c1-9-10(14(15)16)5-4-6-11(9)19(17,18)13-8-3-2-7-12/h4-6,13H,2-3,7-8,12H2,1H3. The van der Waals surface area contributed by atoms with E-state index >= 15 is 0 Å². The molecule has 106 valence electrons. The van der Waals surface area contributed by atoms with Gasteiger partial charge in [-0.3, -0.25) is 10.1 Å². The van der Waals surface area contributed by atoms with Crippen LogP contribution < -0.4 is 10.5 Å². The van der Waals surface area contributed by atoms with E-state index in [0.29, 0.717) is 13.0 Å². The number of benzene rings is 1. The number of sulfonamides is 1. The Labute approximate surface area is 112 Å². The lowest BCUT2D eigenvalue weighted by Gasteiger charge is -2.09. The molecule has 0 bridgehead atoms. The van der Waals surface area contributed by atoms with Crippen LogP contribution in [0.5, 0.6) is 0 Å². The fraction of sp³-hybridized carbons (Fsp3) is 0.455. The normalized spacial score (nSPS) is 11.5. The second-order valence-electron chi connectivity index (χ2n) is 4.05. The Hall–Kier alpha value is -1.51. The largest absolute Gasteiger partial charge is 0.330 e. The van der Waals surface area contributed by atoms with Gasteiger partial charge in [-0.1, -0.05) is 6.07 Å². The molecule has 0 aromatic heterocycles. The second kappa shape index (κ2) is 6.60. The fourth-order valence-corrected chi connectivity index (χ4v) is 2.98. The summed E-state index contributed by atoms with van der Waals surface area (Å²) < 4.78 is 26.5. The van der Waals surface area contributed by atoms with E-state index in [-0.39, 0.29) is 22.7 Å². The Morgan fingerprint density at radius 1 is 1.37 bits per heavy atom. The maximum atomic E-state index is 12.0.